The Morgan fingerprint density at radius 3 is 1.34 bits per heavy atom. The zero-order valence-electron chi connectivity index (χ0n) is 18.7. The van der Waals surface area contributed by atoms with Crippen molar-refractivity contribution in [2.45, 2.75) is 13.3 Å². The quantitative estimate of drug-likeness (QED) is 0.0981. The van der Waals surface area contributed by atoms with Gasteiger partial charge in [-0.2, -0.15) is 0 Å². The van der Waals surface area contributed by atoms with E-state index < -0.39 is 0 Å². The summed E-state index contributed by atoms with van der Waals surface area (Å²) in [5.74, 6) is 0. The second-order valence-corrected chi connectivity index (χ2v) is 7.82. The highest BCUT2D eigenvalue weighted by Gasteiger charge is 2.11. The molecule has 9 nitrogen and oxygen atoms in total. The molecular weight excluding hydrogens is 390 g/mol. The van der Waals surface area contributed by atoms with Crippen LogP contribution in [0.15, 0.2) is 0 Å². The van der Waals surface area contributed by atoms with Crippen LogP contribution in [0.4, 0.5) is 0 Å². The summed E-state index contributed by atoms with van der Waals surface area (Å²) < 4.78 is 1.88. The summed E-state index contributed by atoms with van der Waals surface area (Å²) in [5, 5.41) is 3.44. The van der Waals surface area contributed by atoms with Gasteiger partial charge in [-0.3, -0.25) is 14.7 Å². The lowest BCUT2D eigenvalue weighted by atomic mass is 10.3. The minimum atomic E-state index is 0.644. The Hall–Kier alpha value is -0.0700. The summed E-state index contributed by atoms with van der Waals surface area (Å²) in [7, 11) is 0. The minimum absolute atomic E-state index is 0.644. The van der Waals surface area contributed by atoms with Gasteiger partial charge in [0.2, 0.25) is 0 Å². The average Bonchev–Trinajstić information content (AvgIpc) is 2.71. The number of halogens is 1. The SMILES string of the molecule is CCCNCCN(CCN)CCN(Cl)CCN(CCN)CCN(CCN)CCN. The fraction of sp³-hybridized carbons (Fsp3) is 1.00. The van der Waals surface area contributed by atoms with Gasteiger partial charge in [-0.15, -0.1) is 0 Å². The second kappa shape index (κ2) is 21.2. The highest BCUT2D eigenvalue weighted by Crippen LogP contribution is 1.99. The smallest absolute Gasteiger partial charge is 0.0267 e. The molecule has 0 saturated heterocycles. The van der Waals surface area contributed by atoms with Crippen LogP contribution >= 0.6 is 11.8 Å². The lowest BCUT2D eigenvalue weighted by molar-refractivity contribution is 0.198. The van der Waals surface area contributed by atoms with Crippen molar-refractivity contribution in [1.29, 1.82) is 0 Å². The highest BCUT2D eigenvalue weighted by molar-refractivity contribution is 6.13. The fourth-order valence-electron chi connectivity index (χ4n) is 3.17. The van der Waals surface area contributed by atoms with Gasteiger partial charge in [-0.05, 0) is 24.7 Å². The zero-order valence-corrected chi connectivity index (χ0v) is 19.5. The van der Waals surface area contributed by atoms with Crippen molar-refractivity contribution < 1.29 is 0 Å². The molecule has 0 atom stereocenters. The van der Waals surface area contributed by atoms with Gasteiger partial charge in [0.1, 0.15) is 0 Å². The number of nitrogens with two attached hydrogens (primary N) is 4. The van der Waals surface area contributed by atoms with Crippen LogP contribution < -0.4 is 28.3 Å². The molecule has 0 aromatic heterocycles. The van der Waals surface area contributed by atoms with Crippen molar-refractivity contribution in [3.05, 3.63) is 0 Å². The van der Waals surface area contributed by atoms with Crippen LogP contribution in [-0.4, -0.2) is 130 Å². The summed E-state index contributed by atoms with van der Waals surface area (Å²) in [6.07, 6.45) is 1.15. The molecule has 0 rings (SSSR count). The van der Waals surface area contributed by atoms with E-state index in [9.17, 15) is 0 Å². The molecule has 0 spiro atoms. The number of hydrogen-bond acceptors (Lipinski definition) is 9. The molecule has 0 aliphatic carbocycles. The van der Waals surface area contributed by atoms with Crippen LogP contribution in [-0.2, 0) is 0 Å². The van der Waals surface area contributed by atoms with Gasteiger partial charge in [-0.25, -0.2) is 4.42 Å². The Morgan fingerprint density at radius 2 is 0.931 bits per heavy atom. The summed E-state index contributed by atoms with van der Waals surface area (Å²) >= 11 is 6.47. The molecule has 0 aromatic rings. The average molecular weight is 438 g/mol. The van der Waals surface area contributed by atoms with Gasteiger partial charge in [0.15, 0.2) is 0 Å². The van der Waals surface area contributed by atoms with Crippen LogP contribution in [0.2, 0.25) is 0 Å². The van der Waals surface area contributed by atoms with Crippen molar-refractivity contribution in [3.8, 4) is 0 Å². The first-order valence-electron chi connectivity index (χ1n) is 11.2. The molecule has 176 valence electrons. The largest absolute Gasteiger partial charge is 0.329 e. The first-order chi connectivity index (χ1) is 14.1. The van der Waals surface area contributed by atoms with E-state index in [1.54, 1.807) is 0 Å². The molecule has 0 aliphatic heterocycles. The Balaban J connectivity index is 4.22. The molecule has 9 N–H and O–H groups in total. The maximum absolute atomic E-state index is 6.47. The zero-order chi connectivity index (χ0) is 21.7. The van der Waals surface area contributed by atoms with Crippen LogP contribution in [0, 0.1) is 0 Å². The maximum Gasteiger partial charge on any atom is 0.0267 e. The van der Waals surface area contributed by atoms with Gasteiger partial charge in [0.05, 0.1) is 0 Å². The van der Waals surface area contributed by atoms with E-state index >= 15 is 0 Å². The molecule has 29 heavy (non-hydrogen) atoms. The van der Waals surface area contributed by atoms with Crippen molar-refractivity contribution in [2.75, 3.05) is 111 Å². The monoisotopic (exact) mass is 437 g/mol. The summed E-state index contributed by atoms with van der Waals surface area (Å²) in [5.41, 5.74) is 22.9. The lowest BCUT2D eigenvalue weighted by Crippen LogP contribution is -2.43. The number of hydrogen-bond donors (Lipinski definition) is 5. The Morgan fingerprint density at radius 1 is 0.552 bits per heavy atom. The molecule has 10 heteroatoms. The van der Waals surface area contributed by atoms with E-state index in [4.69, 9.17) is 34.7 Å². The van der Waals surface area contributed by atoms with Gasteiger partial charge in [0, 0.05) is 105 Å². The molecular formula is C19H48ClN9. The summed E-state index contributed by atoms with van der Waals surface area (Å²) in [6, 6.07) is 0. The first kappa shape index (κ1) is 28.9. The Labute approximate surface area is 184 Å². The molecule has 0 aromatic carbocycles. The van der Waals surface area contributed by atoms with E-state index in [-0.39, 0.29) is 0 Å². The molecule has 0 radical (unpaired) electrons. The predicted octanol–water partition coefficient (Wildman–Crippen LogP) is -1.82. The molecule has 0 saturated carbocycles. The van der Waals surface area contributed by atoms with Crippen molar-refractivity contribution in [2.24, 2.45) is 22.9 Å². The van der Waals surface area contributed by atoms with Crippen molar-refractivity contribution in [1.82, 2.24) is 24.4 Å². The fourth-order valence-corrected chi connectivity index (χ4v) is 3.32. The minimum Gasteiger partial charge on any atom is -0.329 e. The van der Waals surface area contributed by atoms with Crippen LogP contribution in [0.3, 0.4) is 0 Å². The van der Waals surface area contributed by atoms with Crippen molar-refractivity contribution >= 4 is 11.8 Å². The van der Waals surface area contributed by atoms with E-state index in [1.165, 1.54) is 0 Å². The Bertz CT molecular complexity index is 333. The van der Waals surface area contributed by atoms with Crippen LogP contribution in [0.5, 0.6) is 0 Å². The molecule has 0 amide bonds. The molecule has 0 fully saturated rings. The lowest BCUT2D eigenvalue weighted by Gasteiger charge is -2.28. The van der Waals surface area contributed by atoms with Crippen molar-refractivity contribution in [3.63, 3.8) is 0 Å². The third-order valence-electron chi connectivity index (χ3n) is 4.86. The molecule has 0 heterocycles. The Kier molecular flexibility index (Phi) is 21.1. The van der Waals surface area contributed by atoms with E-state index in [0.717, 1.165) is 91.5 Å². The topological polar surface area (TPSA) is 129 Å². The third-order valence-corrected chi connectivity index (χ3v) is 5.20. The first-order valence-corrected chi connectivity index (χ1v) is 11.5. The van der Waals surface area contributed by atoms with Gasteiger partial charge < -0.3 is 28.3 Å². The molecule has 0 bridgehead atoms. The normalized spacial score (nSPS) is 12.2. The van der Waals surface area contributed by atoms with Crippen LogP contribution in [0.1, 0.15) is 13.3 Å². The van der Waals surface area contributed by atoms with E-state index in [0.29, 0.717) is 26.2 Å². The van der Waals surface area contributed by atoms with Gasteiger partial charge in [0.25, 0.3) is 0 Å². The predicted molar refractivity (Wildman–Crippen MR) is 126 cm³/mol. The van der Waals surface area contributed by atoms with E-state index in [2.05, 4.69) is 26.9 Å². The van der Waals surface area contributed by atoms with Gasteiger partial charge >= 0.3 is 0 Å². The molecule has 0 aliphatic rings. The second-order valence-electron chi connectivity index (χ2n) is 7.34. The number of nitrogens with zero attached hydrogens (tertiary/aromatic N) is 4. The van der Waals surface area contributed by atoms with E-state index in [1.807, 2.05) is 4.42 Å². The highest BCUT2D eigenvalue weighted by atomic mass is 35.5. The maximum atomic E-state index is 6.47. The summed E-state index contributed by atoms with van der Waals surface area (Å²) in [6.45, 7) is 16.7. The summed E-state index contributed by atoms with van der Waals surface area (Å²) in [4.78, 5) is 7.04. The number of nitrogens with one attached hydrogen (secondary N) is 1. The van der Waals surface area contributed by atoms with Crippen LogP contribution in [0.25, 0.3) is 0 Å². The van der Waals surface area contributed by atoms with Gasteiger partial charge in [-0.1, -0.05) is 6.92 Å². The molecule has 0 unspecified atom stereocenters. The number of rotatable bonds is 22. The standard InChI is InChI=1S/C19H48ClN9/c1-2-7-25-8-13-27(11-5-23)16-18-29(20)19-17-28(12-6-24)15-14-26(9-3-21)10-4-22/h25H,2-19,21-24H2,1H3. The third kappa shape index (κ3) is 17.3.